The Bertz CT molecular complexity index is 1740. The van der Waals surface area contributed by atoms with Crippen LogP contribution in [0, 0.1) is 0 Å². The van der Waals surface area contributed by atoms with Crippen LogP contribution in [0.1, 0.15) is 23.6 Å². The molecule has 0 radical (unpaired) electrons. The normalized spacial score (nSPS) is 73.3. The Morgan fingerprint density at radius 1 is 0.548 bits per heavy atom. The molecule has 13 rings (SSSR count). The standard InChI is InChI=1S/C24H19.C6H7.Fe/c1-4-12-20(13-5-1)24(23-18-10-11-19-23,21-14-6-2-7-15-21)22-16-8-3-9-17-22;1-6-4-2-3-5-6;/h1-19H;2-5H,1H3;. The van der Waals surface area contributed by atoms with Gasteiger partial charge in [-0.25, -0.2) is 0 Å². The van der Waals surface area contributed by atoms with Gasteiger partial charge in [-0.2, -0.15) is 0 Å². The number of fused-ring (bicyclic) bond motifs is 10. The van der Waals surface area contributed by atoms with E-state index < -0.39 is 6.51 Å². The maximum absolute atomic E-state index is 3.59. The molecule has 10 aliphatic rings. The fourth-order valence-electron chi connectivity index (χ4n) is 21.9. The first kappa shape index (κ1) is 13.7. The summed E-state index contributed by atoms with van der Waals surface area (Å²) < 4.78 is 1.58. The van der Waals surface area contributed by atoms with Crippen molar-refractivity contribution in [3.05, 3.63) is 108 Å². The van der Waals surface area contributed by atoms with Crippen molar-refractivity contribution in [2.75, 3.05) is 0 Å². The van der Waals surface area contributed by atoms with Crippen molar-refractivity contribution in [3.8, 4) is 0 Å². The molecule has 1 heteroatoms. The van der Waals surface area contributed by atoms with Crippen LogP contribution in [0.25, 0.3) is 0 Å². The monoisotopic (exact) mass is 442 g/mol. The van der Waals surface area contributed by atoms with Crippen molar-refractivity contribution in [2.24, 2.45) is 0 Å². The zero-order valence-electron chi connectivity index (χ0n) is 17.6. The molecule has 0 aromatic heterocycles. The van der Waals surface area contributed by atoms with E-state index in [9.17, 15) is 0 Å². The molecule has 0 N–H and O–H groups in total. The fourth-order valence-corrected chi connectivity index (χ4v) is 100. The van der Waals surface area contributed by atoms with E-state index in [4.69, 9.17) is 0 Å². The van der Waals surface area contributed by atoms with Crippen molar-refractivity contribution in [3.63, 3.8) is 0 Å². The number of hydrogen-bond donors (Lipinski definition) is 0. The van der Waals surface area contributed by atoms with Crippen molar-refractivity contribution in [1.82, 2.24) is 0 Å². The predicted octanol–water partition coefficient (Wildman–Crippen LogP) is 8.17. The van der Waals surface area contributed by atoms with Gasteiger partial charge in [0.1, 0.15) is 0 Å². The van der Waals surface area contributed by atoms with E-state index in [1.54, 1.807) is 16.7 Å². The molecule has 1 spiro atoms. The summed E-state index contributed by atoms with van der Waals surface area (Å²) in [5.41, 5.74) is 4.94. The van der Waals surface area contributed by atoms with Crippen molar-refractivity contribution in [2.45, 2.75) is 59.5 Å². The summed E-state index contributed by atoms with van der Waals surface area (Å²) in [6.07, 6.45) is 0. The zero-order chi connectivity index (χ0) is 19.8. The maximum atomic E-state index is 2.88. The SMILES string of the molecule is C[C]12[CH]3[CH]4[CH]5[CH]1[Fe]45321678[CH]2[CH]1[CH]6[C]7(C(c1ccccc1)(c1ccccc1)c1ccccc1)[CH]28. The second kappa shape index (κ2) is 1.75. The van der Waals surface area contributed by atoms with Crippen LogP contribution in [0.4, 0.5) is 0 Å². The van der Waals surface area contributed by atoms with Crippen LogP contribution in [-0.4, -0.2) is 0 Å². The van der Waals surface area contributed by atoms with E-state index in [1.165, 1.54) is 38.5 Å². The second-order valence-corrected chi connectivity index (χ2v) is 38.5. The average molecular weight is 442 g/mol. The number of rotatable bonds is 4. The topological polar surface area (TPSA) is 0 Å². The third-order valence-corrected chi connectivity index (χ3v) is 64.0. The van der Waals surface area contributed by atoms with Gasteiger partial charge in [0, 0.05) is 0 Å². The Hall–Kier alpha value is -1.82. The molecule has 0 nitrogen and oxygen atoms in total. The number of benzene rings is 3. The average Bonchev–Trinajstić information content (AvgIpc) is 3.78. The molecule has 0 amide bonds. The van der Waals surface area contributed by atoms with Crippen LogP contribution in [0.15, 0.2) is 91.0 Å². The Kier molecular flexibility index (Phi) is 0.770. The van der Waals surface area contributed by atoms with Gasteiger partial charge >= 0.3 is 174 Å². The van der Waals surface area contributed by atoms with Gasteiger partial charge in [-0.3, -0.25) is 0 Å². The molecule has 3 aromatic carbocycles. The Morgan fingerprint density at radius 3 is 1.13 bits per heavy atom. The molecule has 0 saturated carbocycles. The van der Waals surface area contributed by atoms with E-state index in [2.05, 4.69) is 97.9 Å². The van der Waals surface area contributed by atoms with Gasteiger partial charge in [0.05, 0.1) is 0 Å². The quantitative estimate of drug-likeness (QED) is 0.282. The van der Waals surface area contributed by atoms with E-state index in [0.717, 1.165) is 4.31 Å². The minimum absolute atomic E-state index is 0.0920. The summed E-state index contributed by atoms with van der Waals surface area (Å²) in [6, 6.07) is 35.7. The first-order chi connectivity index (χ1) is 15.0. The zero-order valence-corrected chi connectivity index (χ0v) is 18.7. The molecule has 10 saturated heterocycles. The van der Waals surface area contributed by atoms with Crippen LogP contribution in [0.3, 0.4) is 0 Å². The summed E-state index contributed by atoms with van der Waals surface area (Å²) in [6.45, 7) is -0.709. The van der Waals surface area contributed by atoms with Crippen LogP contribution in [0.2, 0.25) is 47.2 Å². The number of hydrogen-bond acceptors (Lipinski definition) is 0. The van der Waals surface area contributed by atoms with Gasteiger partial charge in [0.2, 0.25) is 0 Å². The predicted molar refractivity (Wildman–Crippen MR) is 120 cm³/mol. The minimum atomic E-state index is -3.59. The van der Waals surface area contributed by atoms with Crippen LogP contribution >= 0.6 is 0 Å². The Labute approximate surface area is 173 Å². The molecule has 10 fully saturated rings. The summed E-state index contributed by atoms with van der Waals surface area (Å²) in [5.74, 6) is 0. The first-order valence-electron chi connectivity index (χ1n) is 12.4. The van der Waals surface area contributed by atoms with E-state index >= 15 is 0 Å². The van der Waals surface area contributed by atoms with Gasteiger partial charge < -0.3 is 0 Å². The van der Waals surface area contributed by atoms with Crippen molar-refractivity contribution < 1.29 is 6.51 Å². The molecular formula is C30H26Fe. The van der Waals surface area contributed by atoms with E-state index in [1.807, 2.05) is 0 Å². The summed E-state index contributed by atoms with van der Waals surface area (Å²) in [5, 5.41) is 0. The fraction of sp³-hybridized carbons (Fsp3) is 0.400. The molecule has 10 aliphatic heterocycles. The third kappa shape index (κ3) is 0.255. The molecule has 10 heterocycles. The molecule has 0 aliphatic carbocycles. The van der Waals surface area contributed by atoms with E-state index in [0.29, 0.717) is 4.31 Å². The van der Waals surface area contributed by atoms with Gasteiger partial charge in [-0.15, -0.1) is 0 Å². The molecule has 0 bridgehead atoms. The molecule has 3 aromatic rings. The van der Waals surface area contributed by atoms with Crippen molar-refractivity contribution in [1.29, 1.82) is 0 Å². The Balaban J connectivity index is 1.31. The molecule has 8 atom stereocenters. The van der Waals surface area contributed by atoms with Crippen molar-refractivity contribution >= 4 is 0 Å². The van der Waals surface area contributed by atoms with Crippen LogP contribution in [-0.2, 0) is 11.9 Å². The van der Waals surface area contributed by atoms with Gasteiger partial charge in [-0.05, 0) is 0 Å². The summed E-state index contributed by atoms with van der Waals surface area (Å²) in [4.78, 5) is 10.2. The molecule has 31 heavy (non-hydrogen) atoms. The molecule has 154 valence electrons. The first-order valence-corrected chi connectivity index (χ1v) is 18.6. The van der Waals surface area contributed by atoms with Crippen LogP contribution < -0.4 is 0 Å². The summed E-state index contributed by atoms with van der Waals surface area (Å²) in [7, 11) is 0. The Morgan fingerprint density at radius 2 is 0.903 bits per heavy atom. The third-order valence-electron chi connectivity index (χ3n) is 19.7. The van der Waals surface area contributed by atoms with E-state index in [-0.39, 0.29) is 5.41 Å². The van der Waals surface area contributed by atoms with Gasteiger partial charge in [0.25, 0.3) is 0 Å². The van der Waals surface area contributed by atoms with Gasteiger partial charge in [0.15, 0.2) is 0 Å². The van der Waals surface area contributed by atoms with Gasteiger partial charge in [-0.1, -0.05) is 0 Å². The molecule has 8 unspecified atom stereocenters. The van der Waals surface area contributed by atoms with Crippen LogP contribution in [0.5, 0.6) is 0 Å². The second-order valence-electron chi connectivity index (χ2n) is 15.0. The summed E-state index contributed by atoms with van der Waals surface area (Å²) >= 11 is 0. The molecular weight excluding hydrogens is 416 g/mol.